The van der Waals surface area contributed by atoms with Gasteiger partial charge < -0.3 is 19.9 Å². The fourth-order valence-electron chi connectivity index (χ4n) is 3.87. The highest BCUT2D eigenvalue weighted by Crippen LogP contribution is 2.32. The van der Waals surface area contributed by atoms with Gasteiger partial charge in [-0.2, -0.15) is 0 Å². The summed E-state index contributed by atoms with van der Waals surface area (Å²) in [6, 6.07) is 16.7. The van der Waals surface area contributed by atoms with Crippen LogP contribution in [0.4, 0.5) is 17.1 Å². The summed E-state index contributed by atoms with van der Waals surface area (Å²) in [5.74, 6) is 0.0225. The first-order chi connectivity index (χ1) is 12.7. The number of anilines is 3. The van der Waals surface area contributed by atoms with E-state index in [1.165, 1.54) is 11.3 Å². The van der Waals surface area contributed by atoms with Crippen LogP contribution in [0.5, 0.6) is 0 Å². The van der Waals surface area contributed by atoms with Crippen LogP contribution in [0.15, 0.2) is 48.5 Å². The van der Waals surface area contributed by atoms with Crippen LogP contribution in [0.2, 0.25) is 0 Å². The van der Waals surface area contributed by atoms with E-state index in [0.29, 0.717) is 12.6 Å². The molecule has 0 aliphatic carbocycles. The van der Waals surface area contributed by atoms with Gasteiger partial charge in [-0.1, -0.05) is 30.3 Å². The number of fused-ring (bicyclic) bond motifs is 1. The number of morpholine rings is 1. The minimum atomic E-state index is 0.0225. The summed E-state index contributed by atoms with van der Waals surface area (Å²) in [6.07, 6.45) is 0.994. The Hall–Kier alpha value is -2.53. The van der Waals surface area contributed by atoms with Gasteiger partial charge >= 0.3 is 0 Å². The number of para-hydroxylation sites is 3. The van der Waals surface area contributed by atoms with Crippen molar-refractivity contribution in [3.8, 4) is 0 Å². The maximum absolute atomic E-state index is 12.8. The predicted octanol–water partition coefficient (Wildman–Crippen LogP) is 2.91. The van der Waals surface area contributed by atoms with Crippen LogP contribution in [0.3, 0.4) is 0 Å². The number of hydrogen-bond acceptors (Lipinski definition) is 4. The molecule has 2 aliphatic heterocycles. The van der Waals surface area contributed by atoms with Crippen LogP contribution < -0.4 is 15.1 Å². The Morgan fingerprint density at radius 2 is 1.77 bits per heavy atom. The van der Waals surface area contributed by atoms with Crippen molar-refractivity contribution >= 4 is 23.0 Å². The molecule has 0 bridgehead atoms. The normalized spacial score (nSPS) is 19.3. The first-order valence-electron chi connectivity index (χ1n) is 9.28. The van der Waals surface area contributed by atoms with Gasteiger partial charge in [-0.05, 0) is 37.1 Å². The van der Waals surface area contributed by atoms with Gasteiger partial charge in [0.2, 0.25) is 5.91 Å². The Balaban J connectivity index is 1.47. The van der Waals surface area contributed by atoms with Crippen LogP contribution >= 0.6 is 0 Å². The highest BCUT2D eigenvalue weighted by molar-refractivity contribution is 5.97. The van der Waals surface area contributed by atoms with Crippen molar-refractivity contribution in [3.63, 3.8) is 0 Å². The molecule has 5 nitrogen and oxygen atoms in total. The van der Waals surface area contributed by atoms with Gasteiger partial charge in [-0.15, -0.1) is 0 Å². The summed E-state index contributed by atoms with van der Waals surface area (Å²) in [7, 11) is 0. The van der Waals surface area contributed by atoms with Crippen molar-refractivity contribution in [3.05, 3.63) is 54.1 Å². The molecule has 0 aromatic heterocycles. The van der Waals surface area contributed by atoms with Crippen LogP contribution in [0.25, 0.3) is 0 Å². The molecule has 2 aromatic rings. The molecular formula is C21H25N3O2. The molecule has 4 rings (SSSR count). The van der Waals surface area contributed by atoms with E-state index in [0.717, 1.165) is 44.1 Å². The third-order valence-electron chi connectivity index (χ3n) is 5.19. The zero-order valence-corrected chi connectivity index (χ0v) is 15.1. The van der Waals surface area contributed by atoms with Crippen LogP contribution in [0.1, 0.15) is 12.5 Å². The minimum Gasteiger partial charge on any atom is -0.378 e. The van der Waals surface area contributed by atoms with Crippen molar-refractivity contribution in [2.24, 2.45) is 0 Å². The number of hydrogen-bond donors (Lipinski definition) is 1. The number of benzene rings is 2. The average Bonchev–Trinajstić information content (AvgIpc) is 2.98. The molecule has 1 N–H and O–H groups in total. The molecule has 2 aromatic carbocycles. The van der Waals surface area contributed by atoms with Crippen LogP contribution in [0, 0.1) is 0 Å². The number of nitrogens with one attached hydrogen (secondary N) is 1. The fraction of sp³-hybridized carbons (Fsp3) is 0.381. The Morgan fingerprint density at radius 1 is 1.08 bits per heavy atom. The van der Waals surface area contributed by atoms with E-state index in [2.05, 4.69) is 46.3 Å². The summed E-state index contributed by atoms with van der Waals surface area (Å²) in [5, 5.41) is 3.12. The van der Waals surface area contributed by atoms with E-state index in [4.69, 9.17) is 4.74 Å². The number of carbonyl (C=O) groups excluding carboxylic acids is 1. The third-order valence-corrected chi connectivity index (χ3v) is 5.19. The summed E-state index contributed by atoms with van der Waals surface area (Å²) in [6.45, 7) is 5.70. The van der Waals surface area contributed by atoms with Crippen molar-refractivity contribution < 1.29 is 9.53 Å². The van der Waals surface area contributed by atoms with E-state index in [1.807, 2.05) is 24.3 Å². The third kappa shape index (κ3) is 3.40. The molecule has 0 saturated carbocycles. The Morgan fingerprint density at radius 3 is 2.58 bits per heavy atom. The van der Waals surface area contributed by atoms with Crippen LogP contribution in [-0.2, 0) is 16.0 Å². The maximum Gasteiger partial charge on any atom is 0.243 e. The quantitative estimate of drug-likeness (QED) is 0.920. The number of nitrogens with zero attached hydrogens (tertiary/aromatic N) is 2. The highest BCUT2D eigenvalue weighted by atomic mass is 16.5. The lowest BCUT2D eigenvalue weighted by Gasteiger charge is -2.31. The highest BCUT2D eigenvalue weighted by Gasteiger charge is 2.27. The van der Waals surface area contributed by atoms with Gasteiger partial charge in [0.1, 0.15) is 0 Å². The molecule has 1 saturated heterocycles. The van der Waals surface area contributed by atoms with Gasteiger partial charge in [0, 0.05) is 24.8 Å². The Bertz CT molecular complexity index is 786. The number of rotatable bonds is 4. The Kier molecular flexibility index (Phi) is 4.80. The van der Waals surface area contributed by atoms with Crippen LogP contribution in [-0.4, -0.2) is 44.8 Å². The lowest BCUT2D eigenvalue weighted by molar-refractivity contribution is -0.115. The molecule has 0 radical (unpaired) electrons. The zero-order valence-electron chi connectivity index (χ0n) is 15.1. The van der Waals surface area contributed by atoms with Gasteiger partial charge in [-0.25, -0.2) is 0 Å². The zero-order chi connectivity index (χ0) is 17.9. The molecule has 1 unspecified atom stereocenters. The van der Waals surface area contributed by atoms with Gasteiger partial charge in [0.05, 0.1) is 31.1 Å². The molecule has 0 spiro atoms. The smallest absolute Gasteiger partial charge is 0.243 e. The van der Waals surface area contributed by atoms with E-state index in [1.54, 1.807) is 0 Å². The first kappa shape index (κ1) is 16.9. The molecule has 2 aliphatic rings. The largest absolute Gasteiger partial charge is 0.378 e. The molecule has 136 valence electrons. The fourth-order valence-corrected chi connectivity index (χ4v) is 3.87. The van der Waals surface area contributed by atoms with Gasteiger partial charge in [-0.3, -0.25) is 4.79 Å². The lowest BCUT2D eigenvalue weighted by Crippen LogP contribution is -2.38. The molecule has 5 heteroatoms. The van der Waals surface area contributed by atoms with E-state index >= 15 is 0 Å². The topological polar surface area (TPSA) is 44.8 Å². The molecule has 1 atom stereocenters. The number of amides is 1. The second-order valence-corrected chi connectivity index (χ2v) is 6.97. The summed E-state index contributed by atoms with van der Waals surface area (Å²) >= 11 is 0. The van der Waals surface area contributed by atoms with Crippen molar-refractivity contribution in [2.75, 3.05) is 48.0 Å². The summed E-state index contributed by atoms with van der Waals surface area (Å²) in [4.78, 5) is 17.2. The number of ether oxygens (including phenoxy) is 1. The minimum absolute atomic E-state index is 0.0225. The Labute approximate surface area is 154 Å². The van der Waals surface area contributed by atoms with Gasteiger partial charge in [0.15, 0.2) is 0 Å². The van der Waals surface area contributed by atoms with Crippen molar-refractivity contribution in [1.82, 2.24) is 0 Å². The molecule has 1 amide bonds. The standard InChI is InChI=1S/C21H25N3O2/c1-16-14-17-6-2-4-8-19(17)24(16)15-21(25)22-18-7-3-5-9-20(18)23-10-12-26-13-11-23/h2-9,16H,10-15H2,1H3,(H,22,25). The average molecular weight is 351 g/mol. The molecular weight excluding hydrogens is 326 g/mol. The van der Waals surface area contributed by atoms with Crippen molar-refractivity contribution in [2.45, 2.75) is 19.4 Å². The molecule has 2 heterocycles. The van der Waals surface area contributed by atoms with E-state index in [-0.39, 0.29) is 5.91 Å². The van der Waals surface area contributed by atoms with Gasteiger partial charge in [0.25, 0.3) is 0 Å². The predicted molar refractivity (Wildman–Crippen MR) is 105 cm³/mol. The number of carbonyl (C=O) groups is 1. The summed E-state index contributed by atoms with van der Waals surface area (Å²) in [5.41, 5.74) is 4.44. The second-order valence-electron chi connectivity index (χ2n) is 6.97. The molecule has 26 heavy (non-hydrogen) atoms. The van der Waals surface area contributed by atoms with E-state index < -0.39 is 0 Å². The molecule has 1 fully saturated rings. The van der Waals surface area contributed by atoms with E-state index in [9.17, 15) is 4.79 Å². The second kappa shape index (κ2) is 7.38. The maximum atomic E-state index is 12.8. The first-order valence-corrected chi connectivity index (χ1v) is 9.28. The SMILES string of the molecule is CC1Cc2ccccc2N1CC(=O)Nc1ccccc1N1CCOCC1. The van der Waals surface area contributed by atoms with Crippen molar-refractivity contribution in [1.29, 1.82) is 0 Å². The monoisotopic (exact) mass is 351 g/mol. The lowest BCUT2D eigenvalue weighted by atomic mass is 10.1. The summed E-state index contributed by atoms with van der Waals surface area (Å²) < 4.78 is 5.44.